The molecule has 0 amide bonds. The van der Waals surface area contributed by atoms with Crippen molar-refractivity contribution in [2.24, 2.45) is 0 Å². The Morgan fingerprint density at radius 2 is 2.14 bits per heavy atom. The standard InChI is InChI=1S/C17H25ClFN3/c1-12-2-3-16(9-17(12)18)22-6-4-14(5-7-22)21-11-15-8-13(19)10-20-15/h2-3,9,13-15,20-21H,4-8,10-11H2,1H3/t13-,15-/m0/s1. The molecule has 1 aromatic carbocycles. The summed E-state index contributed by atoms with van der Waals surface area (Å²) < 4.78 is 13.1. The molecule has 2 aliphatic heterocycles. The summed E-state index contributed by atoms with van der Waals surface area (Å²) in [6, 6.07) is 7.13. The van der Waals surface area contributed by atoms with Crippen LogP contribution in [-0.2, 0) is 0 Å². The maximum Gasteiger partial charge on any atom is 0.114 e. The van der Waals surface area contributed by atoms with Gasteiger partial charge in [0.15, 0.2) is 0 Å². The zero-order valence-corrected chi connectivity index (χ0v) is 13.9. The zero-order chi connectivity index (χ0) is 15.5. The van der Waals surface area contributed by atoms with E-state index in [-0.39, 0.29) is 0 Å². The smallest absolute Gasteiger partial charge is 0.114 e. The molecule has 0 saturated carbocycles. The number of piperidine rings is 1. The van der Waals surface area contributed by atoms with Crippen LogP contribution in [0, 0.1) is 6.92 Å². The van der Waals surface area contributed by atoms with E-state index in [9.17, 15) is 4.39 Å². The third kappa shape index (κ3) is 3.92. The van der Waals surface area contributed by atoms with Crippen LogP contribution in [0.25, 0.3) is 0 Å². The van der Waals surface area contributed by atoms with Crippen LogP contribution in [-0.4, -0.2) is 44.4 Å². The van der Waals surface area contributed by atoms with E-state index >= 15 is 0 Å². The first-order valence-corrected chi connectivity index (χ1v) is 8.61. The minimum absolute atomic E-state index is 0.295. The Morgan fingerprint density at radius 3 is 2.77 bits per heavy atom. The summed E-state index contributed by atoms with van der Waals surface area (Å²) in [6.45, 7) is 5.50. The molecule has 0 unspecified atom stereocenters. The maximum absolute atomic E-state index is 13.1. The van der Waals surface area contributed by atoms with Crippen LogP contribution in [0.3, 0.4) is 0 Å². The van der Waals surface area contributed by atoms with Crippen LogP contribution >= 0.6 is 11.6 Å². The number of benzene rings is 1. The maximum atomic E-state index is 13.1. The lowest BCUT2D eigenvalue weighted by Crippen LogP contribution is -2.46. The molecule has 2 saturated heterocycles. The summed E-state index contributed by atoms with van der Waals surface area (Å²) in [5.74, 6) is 0. The molecule has 2 aliphatic rings. The SMILES string of the molecule is Cc1ccc(N2CCC(NC[C@@H]3C[C@H](F)CN3)CC2)cc1Cl. The monoisotopic (exact) mass is 325 g/mol. The van der Waals surface area contributed by atoms with Crippen LogP contribution < -0.4 is 15.5 Å². The molecule has 2 atom stereocenters. The second-order valence-electron chi connectivity index (χ2n) is 6.54. The van der Waals surface area contributed by atoms with Gasteiger partial charge in [0.25, 0.3) is 0 Å². The quantitative estimate of drug-likeness (QED) is 0.891. The van der Waals surface area contributed by atoms with Crippen molar-refractivity contribution in [1.82, 2.24) is 10.6 Å². The lowest BCUT2D eigenvalue weighted by molar-refractivity contribution is 0.347. The van der Waals surface area contributed by atoms with Gasteiger partial charge >= 0.3 is 0 Å². The van der Waals surface area contributed by atoms with Crippen molar-refractivity contribution < 1.29 is 4.39 Å². The van der Waals surface area contributed by atoms with E-state index in [4.69, 9.17) is 11.6 Å². The minimum Gasteiger partial charge on any atom is -0.371 e. The number of anilines is 1. The number of alkyl halides is 1. The highest BCUT2D eigenvalue weighted by atomic mass is 35.5. The van der Waals surface area contributed by atoms with Gasteiger partial charge in [-0.1, -0.05) is 17.7 Å². The number of rotatable bonds is 4. The molecular weight excluding hydrogens is 301 g/mol. The largest absolute Gasteiger partial charge is 0.371 e. The van der Waals surface area contributed by atoms with Crippen molar-refractivity contribution in [1.29, 1.82) is 0 Å². The van der Waals surface area contributed by atoms with E-state index in [2.05, 4.69) is 33.7 Å². The van der Waals surface area contributed by atoms with E-state index in [1.54, 1.807) is 0 Å². The molecule has 3 nitrogen and oxygen atoms in total. The Balaban J connectivity index is 1.45. The van der Waals surface area contributed by atoms with E-state index < -0.39 is 6.17 Å². The van der Waals surface area contributed by atoms with Gasteiger partial charge in [-0.05, 0) is 43.9 Å². The molecule has 5 heteroatoms. The fourth-order valence-corrected chi connectivity index (χ4v) is 3.53. The molecule has 0 radical (unpaired) electrons. The number of nitrogens with zero attached hydrogens (tertiary/aromatic N) is 1. The molecule has 2 heterocycles. The number of hydrogen-bond donors (Lipinski definition) is 2. The fourth-order valence-electron chi connectivity index (χ4n) is 3.35. The van der Waals surface area contributed by atoms with E-state index in [1.807, 2.05) is 6.92 Å². The molecule has 0 aromatic heterocycles. The van der Waals surface area contributed by atoms with Crippen molar-refractivity contribution in [2.75, 3.05) is 31.1 Å². The molecule has 2 N–H and O–H groups in total. The van der Waals surface area contributed by atoms with E-state index in [1.165, 1.54) is 5.69 Å². The van der Waals surface area contributed by atoms with Gasteiger partial charge in [-0.15, -0.1) is 0 Å². The second kappa shape index (κ2) is 7.16. The molecule has 2 fully saturated rings. The average molecular weight is 326 g/mol. The predicted octanol–water partition coefficient (Wildman–Crippen LogP) is 2.91. The number of aryl methyl sites for hydroxylation is 1. The van der Waals surface area contributed by atoms with Crippen molar-refractivity contribution in [3.8, 4) is 0 Å². The Morgan fingerprint density at radius 1 is 1.36 bits per heavy atom. The highest BCUT2D eigenvalue weighted by Crippen LogP contribution is 2.25. The highest BCUT2D eigenvalue weighted by Gasteiger charge is 2.25. The third-order valence-corrected chi connectivity index (χ3v) is 5.24. The normalized spacial score (nSPS) is 26.6. The summed E-state index contributed by atoms with van der Waals surface area (Å²) >= 11 is 6.22. The van der Waals surface area contributed by atoms with E-state index in [0.29, 0.717) is 25.0 Å². The lowest BCUT2D eigenvalue weighted by atomic mass is 10.0. The molecule has 22 heavy (non-hydrogen) atoms. The molecule has 1 aromatic rings. The average Bonchev–Trinajstić information content (AvgIpc) is 2.94. The number of halogens is 2. The van der Waals surface area contributed by atoms with Crippen molar-refractivity contribution in [3.63, 3.8) is 0 Å². The molecule has 3 rings (SSSR count). The van der Waals surface area contributed by atoms with Gasteiger partial charge in [0.05, 0.1) is 0 Å². The second-order valence-corrected chi connectivity index (χ2v) is 6.95. The predicted molar refractivity (Wildman–Crippen MR) is 90.7 cm³/mol. The Labute approximate surface area is 137 Å². The number of nitrogens with one attached hydrogen (secondary N) is 2. The summed E-state index contributed by atoms with van der Waals surface area (Å²) in [6.07, 6.45) is 2.22. The molecule has 0 bridgehead atoms. The molecular formula is C17H25ClFN3. The Kier molecular flexibility index (Phi) is 5.21. The van der Waals surface area contributed by atoms with Crippen molar-refractivity contribution in [2.45, 2.75) is 44.4 Å². The van der Waals surface area contributed by atoms with E-state index in [0.717, 1.165) is 43.1 Å². The van der Waals surface area contributed by atoms with Crippen molar-refractivity contribution >= 4 is 17.3 Å². The Hall–Kier alpha value is -0.840. The van der Waals surface area contributed by atoms with Crippen LogP contribution in [0.2, 0.25) is 5.02 Å². The Bertz CT molecular complexity index is 503. The molecule has 0 aliphatic carbocycles. The summed E-state index contributed by atoms with van der Waals surface area (Å²) in [7, 11) is 0. The summed E-state index contributed by atoms with van der Waals surface area (Å²) in [5.41, 5.74) is 2.34. The zero-order valence-electron chi connectivity index (χ0n) is 13.1. The summed E-state index contributed by atoms with van der Waals surface area (Å²) in [4.78, 5) is 2.40. The summed E-state index contributed by atoms with van der Waals surface area (Å²) in [5, 5.41) is 7.66. The van der Waals surface area contributed by atoms with Gasteiger partial charge in [0.2, 0.25) is 0 Å². The van der Waals surface area contributed by atoms with Gasteiger partial charge in [-0.3, -0.25) is 0 Å². The number of hydrogen-bond acceptors (Lipinski definition) is 3. The van der Waals surface area contributed by atoms with Crippen LogP contribution in [0.5, 0.6) is 0 Å². The van der Waals surface area contributed by atoms with Gasteiger partial charge in [0.1, 0.15) is 6.17 Å². The van der Waals surface area contributed by atoms with Gasteiger partial charge in [-0.25, -0.2) is 4.39 Å². The van der Waals surface area contributed by atoms with Gasteiger partial charge in [-0.2, -0.15) is 0 Å². The molecule has 122 valence electrons. The van der Waals surface area contributed by atoms with Crippen LogP contribution in [0.15, 0.2) is 18.2 Å². The fraction of sp³-hybridized carbons (Fsp3) is 0.647. The molecule has 0 spiro atoms. The van der Waals surface area contributed by atoms with Crippen LogP contribution in [0.4, 0.5) is 10.1 Å². The third-order valence-electron chi connectivity index (χ3n) is 4.84. The minimum atomic E-state index is -0.667. The first-order valence-electron chi connectivity index (χ1n) is 8.24. The van der Waals surface area contributed by atoms with Gasteiger partial charge in [0, 0.05) is 49.0 Å². The van der Waals surface area contributed by atoms with Crippen molar-refractivity contribution in [3.05, 3.63) is 28.8 Å². The highest BCUT2D eigenvalue weighted by molar-refractivity contribution is 6.31. The topological polar surface area (TPSA) is 27.3 Å². The first kappa shape index (κ1) is 16.0. The van der Waals surface area contributed by atoms with Gasteiger partial charge < -0.3 is 15.5 Å². The van der Waals surface area contributed by atoms with Crippen LogP contribution in [0.1, 0.15) is 24.8 Å². The first-order chi connectivity index (χ1) is 10.6. The lowest BCUT2D eigenvalue weighted by Gasteiger charge is -2.34.